The van der Waals surface area contributed by atoms with Gasteiger partial charge in [-0.2, -0.15) is 0 Å². The van der Waals surface area contributed by atoms with Crippen molar-refractivity contribution in [3.63, 3.8) is 0 Å². The fraction of sp³-hybridized carbons (Fsp3) is 0.286. The second-order valence-corrected chi connectivity index (χ2v) is 6.70. The number of aliphatic hydroxyl groups is 1. The summed E-state index contributed by atoms with van der Waals surface area (Å²) in [7, 11) is -1.86. The Morgan fingerprint density at radius 2 is 1.95 bits per heavy atom. The first kappa shape index (κ1) is 14.8. The molecule has 0 saturated carbocycles. The van der Waals surface area contributed by atoms with Crippen LogP contribution in [0.5, 0.6) is 0 Å². The lowest BCUT2D eigenvalue weighted by atomic mass is 10.1. The molecule has 1 aromatic carbocycles. The van der Waals surface area contributed by atoms with E-state index in [2.05, 4.69) is 0 Å². The van der Waals surface area contributed by atoms with Crippen molar-refractivity contribution in [2.45, 2.75) is 18.9 Å². The van der Waals surface area contributed by atoms with Gasteiger partial charge in [0.2, 0.25) is 10.0 Å². The van der Waals surface area contributed by atoms with Gasteiger partial charge < -0.3 is 9.52 Å². The molecule has 1 aromatic heterocycles. The third kappa shape index (κ3) is 3.69. The zero-order chi connectivity index (χ0) is 14.6. The highest BCUT2D eigenvalue weighted by Crippen LogP contribution is 2.14. The second-order valence-electron chi connectivity index (χ2n) is 4.62. The van der Waals surface area contributed by atoms with Gasteiger partial charge in [0.1, 0.15) is 0 Å². The Morgan fingerprint density at radius 3 is 2.60 bits per heavy atom. The first-order valence-corrected chi connectivity index (χ1v) is 7.76. The third-order valence-electron chi connectivity index (χ3n) is 2.98. The van der Waals surface area contributed by atoms with Crippen LogP contribution in [0.3, 0.4) is 0 Å². The lowest BCUT2D eigenvalue weighted by molar-refractivity contribution is 0.281. The van der Waals surface area contributed by atoms with Gasteiger partial charge in [0.05, 0.1) is 24.9 Å². The number of benzene rings is 1. The molecule has 0 spiro atoms. The van der Waals surface area contributed by atoms with Crippen LogP contribution in [0.25, 0.3) is 0 Å². The molecule has 2 rings (SSSR count). The smallest absolute Gasteiger partial charge is 0.218 e. The van der Waals surface area contributed by atoms with Gasteiger partial charge in [0.25, 0.3) is 0 Å². The fourth-order valence-corrected chi connectivity index (χ4v) is 3.04. The molecule has 6 heteroatoms. The molecule has 1 heterocycles. The van der Waals surface area contributed by atoms with Gasteiger partial charge in [-0.3, -0.25) is 0 Å². The van der Waals surface area contributed by atoms with Crippen LogP contribution in [-0.4, -0.2) is 24.9 Å². The molecule has 0 amide bonds. The van der Waals surface area contributed by atoms with Gasteiger partial charge in [-0.25, -0.2) is 12.7 Å². The van der Waals surface area contributed by atoms with E-state index in [1.54, 1.807) is 30.3 Å². The number of aliphatic hydroxyl groups excluding tert-OH is 1. The van der Waals surface area contributed by atoms with Gasteiger partial charge in [-0.1, -0.05) is 24.3 Å². The zero-order valence-electron chi connectivity index (χ0n) is 11.2. The number of rotatable bonds is 6. The summed E-state index contributed by atoms with van der Waals surface area (Å²) < 4.78 is 30.7. The summed E-state index contributed by atoms with van der Waals surface area (Å²) in [5.41, 5.74) is 2.17. The normalized spacial score (nSPS) is 11.9. The van der Waals surface area contributed by atoms with Gasteiger partial charge in [0, 0.05) is 19.2 Å². The summed E-state index contributed by atoms with van der Waals surface area (Å²) in [6, 6.07) is 8.67. The van der Waals surface area contributed by atoms with Crippen LogP contribution >= 0.6 is 0 Å². The Hall–Kier alpha value is -1.63. The van der Waals surface area contributed by atoms with Crippen LogP contribution in [-0.2, 0) is 28.9 Å². The van der Waals surface area contributed by atoms with Gasteiger partial charge in [-0.15, -0.1) is 0 Å². The van der Waals surface area contributed by atoms with Gasteiger partial charge in [0.15, 0.2) is 0 Å². The van der Waals surface area contributed by atoms with E-state index in [1.165, 1.54) is 23.9 Å². The highest BCUT2D eigenvalue weighted by atomic mass is 32.2. The third-order valence-corrected chi connectivity index (χ3v) is 4.76. The predicted octanol–water partition coefficient (Wildman–Crippen LogP) is 1.73. The van der Waals surface area contributed by atoms with E-state index in [4.69, 9.17) is 9.52 Å². The molecular formula is C14H17NO4S. The Morgan fingerprint density at radius 1 is 1.20 bits per heavy atom. The second kappa shape index (κ2) is 6.21. The van der Waals surface area contributed by atoms with E-state index in [1.807, 2.05) is 0 Å². The average Bonchev–Trinajstić information content (AvgIpc) is 2.91. The number of hydrogen-bond donors (Lipinski definition) is 1. The molecule has 0 bridgehead atoms. The van der Waals surface area contributed by atoms with Crippen molar-refractivity contribution in [1.29, 1.82) is 0 Å². The van der Waals surface area contributed by atoms with E-state index < -0.39 is 10.0 Å². The van der Waals surface area contributed by atoms with Gasteiger partial charge in [-0.05, 0) is 17.2 Å². The number of nitrogens with zero attached hydrogens (tertiary/aromatic N) is 1. The summed E-state index contributed by atoms with van der Waals surface area (Å²) in [5.74, 6) is -0.0881. The highest BCUT2D eigenvalue weighted by molar-refractivity contribution is 7.88. The summed E-state index contributed by atoms with van der Waals surface area (Å²) in [4.78, 5) is 0. The summed E-state index contributed by atoms with van der Waals surface area (Å²) in [6.07, 6.45) is 3.04. The molecule has 20 heavy (non-hydrogen) atoms. The van der Waals surface area contributed by atoms with Crippen molar-refractivity contribution in [2.75, 3.05) is 7.05 Å². The molecule has 0 radical (unpaired) electrons. The predicted molar refractivity (Wildman–Crippen MR) is 75.2 cm³/mol. The lowest BCUT2D eigenvalue weighted by Gasteiger charge is -2.16. The maximum absolute atomic E-state index is 12.3. The molecule has 1 N–H and O–H groups in total. The summed E-state index contributed by atoms with van der Waals surface area (Å²) in [5, 5.41) is 9.07. The fourth-order valence-electron chi connectivity index (χ4n) is 1.88. The molecular weight excluding hydrogens is 278 g/mol. The minimum absolute atomic E-state index is 0.0881. The monoisotopic (exact) mass is 295 g/mol. The largest absolute Gasteiger partial charge is 0.472 e. The average molecular weight is 295 g/mol. The van der Waals surface area contributed by atoms with E-state index in [9.17, 15) is 8.42 Å². The summed E-state index contributed by atoms with van der Waals surface area (Å²) in [6.45, 7) is 0.178. The van der Waals surface area contributed by atoms with Crippen LogP contribution < -0.4 is 0 Å². The molecule has 2 aromatic rings. The van der Waals surface area contributed by atoms with Crippen molar-refractivity contribution in [3.05, 3.63) is 59.5 Å². The number of hydrogen-bond acceptors (Lipinski definition) is 4. The molecule has 0 fully saturated rings. The minimum atomic E-state index is -3.40. The molecule has 0 aliphatic carbocycles. The standard InChI is InChI=1S/C14H17NO4S/c1-15(8-14-5-6-19-10-14)20(17,18)11-13-4-2-3-12(7-13)9-16/h2-7,10,16H,8-9,11H2,1H3. The first-order chi connectivity index (χ1) is 9.51. The number of furan rings is 1. The highest BCUT2D eigenvalue weighted by Gasteiger charge is 2.19. The van der Waals surface area contributed by atoms with Crippen molar-refractivity contribution in [1.82, 2.24) is 4.31 Å². The lowest BCUT2D eigenvalue weighted by Crippen LogP contribution is -2.27. The molecule has 0 saturated heterocycles. The van der Waals surface area contributed by atoms with Gasteiger partial charge >= 0.3 is 0 Å². The van der Waals surface area contributed by atoms with Crippen molar-refractivity contribution < 1.29 is 17.9 Å². The van der Waals surface area contributed by atoms with E-state index in [0.717, 1.165) is 5.56 Å². The van der Waals surface area contributed by atoms with Crippen molar-refractivity contribution in [2.24, 2.45) is 0 Å². The van der Waals surface area contributed by atoms with Crippen LogP contribution in [0.2, 0.25) is 0 Å². The van der Waals surface area contributed by atoms with Crippen LogP contribution in [0, 0.1) is 0 Å². The molecule has 5 nitrogen and oxygen atoms in total. The zero-order valence-corrected chi connectivity index (χ0v) is 12.0. The van der Waals surface area contributed by atoms with Crippen LogP contribution in [0.1, 0.15) is 16.7 Å². The molecule has 0 aliphatic heterocycles. The Bertz CT molecular complexity index is 650. The van der Waals surface area contributed by atoms with E-state index in [-0.39, 0.29) is 18.9 Å². The van der Waals surface area contributed by atoms with Crippen LogP contribution in [0.4, 0.5) is 0 Å². The Balaban J connectivity index is 2.09. The first-order valence-electron chi connectivity index (χ1n) is 6.15. The SMILES string of the molecule is CN(Cc1ccoc1)S(=O)(=O)Cc1cccc(CO)c1. The summed E-state index contributed by atoms with van der Waals surface area (Å²) >= 11 is 0. The maximum atomic E-state index is 12.3. The maximum Gasteiger partial charge on any atom is 0.218 e. The Kier molecular flexibility index (Phi) is 4.59. The molecule has 0 aliphatic rings. The van der Waals surface area contributed by atoms with E-state index in [0.29, 0.717) is 11.1 Å². The number of sulfonamides is 1. The Labute approximate surface area is 118 Å². The van der Waals surface area contributed by atoms with E-state index >= 15 is 0 Å². The molecule has 0 unspecified atom stereocenters. The molecule has 0 atom stereocenters. The molecule has 108 valence electrons. The topological polar surface area (TPSA) is 70.8 Å². The minimum Gasteiger partial charge on any atom is -0.472 e. The van der Waals surface area contributed by atoms with Crippen LogP contribution in [0.15, 0.2) is 47.3 Å². The quantitative estimate of drug-likeness (QED) is 0.881. The van der Waals surface area contributed by atoms with Crippen molar-refractivity contribution >= 4 is 10.0 Å². The van der Waals surface area contributed by atoms with Crippen molar-refractivity contribution in [3.8, 4) is 0 Å².